The first-order valence-electron chi connectivity index (χ1n) is 9.03. The van der Waals surface area contributed by atoms with E-state index in [4.69, 9.17) is 22.1 Å². The summed E-state index contributed by atoms with van der Waals surface area (Å²) in [7, 11) is 0. The third-order valence-electron chi connectivity index (χ3n) is 4.83. The lowest BCUT2D eigenvalue weighted by Crippen LogP contribution is -2.28. The van der Waals surface area contributed by atoms with E-state index < -0.39 is 6.10 Å². The predicted octanol–water partition coefficient (Wildman–Crippen LogP) is 3.63. The smallest absolute Gasteiger partial charge is 0.188 e. The van der Waals surface area contributed by atoms with E-state index in [1.54, 1.807) is 28.9 Å². The number of aromatic nitrogens is 3. The molecule has 0 aliphatic heterocycles. The van der Waals surface area contributed by atoms with Gasteiger partial charge >= 0.3 is 0 Å². The number of hydrogen-bond donors (Lipinski definition) is 2. The number of rotatable bonds is 5. The monoisotopic (exact) mass is 438 g/mol. The number of nitrogens with two attached hydrogens (primary N) is 1. The van der Waals surface area contributed by atoms with Crippen molar-refractivity contribution in [2.45, 2.75) is 37.5 Å². The molecule has 3 N–H and O–H groups in total. The second-order valence-electron chi connectivity index (χ2n) is 6.92. The maximum absolute atomic E-state index is 13.3. The summed E-state index contributed by atoms with van der Waals surface area (Å²) in [6.45, 7) is 0.0886. The number of ether oxygens (including phenoxy) is 1. The van der Waals surface area contributed by atoms with Crippen LogP contribution < -0.4 is 10.5 Å². The highest BCUT2D eigenvalue weighted by atomic mass is 35.5. The van der Waals surface area contributed by atoms with E-state index in [2.05, 4.69) is 10.1 Å². The summed E-state index contributed by atoms with van der Waals surface area (Å²) in [5.41, 5.74) is 6.75. The van der Waals surface area contributed by atoms with Crippen molar-refractivity contribution in [1.29, 1.82) is 0 Å². The van der Waals surface area contributed by atoms with Gasteiger partial charge in [-0.3, -0.25) is 0 Å². The zero-order valence-corrected chi connectivity index (χ0v) is 17.0. The number of hydrogen-bond acceptors (Lipinski definition) is 5. The Hall–Kier alpha value is -2.19. The van der Waals surface area contributed by atoms with E-state index >= 15 is 0 Å². The second kappa shape index (κ2) is 9.09. The SMILES string of the molecule is Cl.N[C@@H]1C[C@H](c2nc(COc3cccc(F)c3)nn2-c2cccc(Cl)c2)C[C@H]1O. The van der Waals surface area contributed by atoms with Gasteiger partial charge in [-0.05, 0) is 43.2 Å². The van der Waals surface area contributed by atoms with Crippen LogP contribution in [0, 0.1) is 5.82 Å². The molecule has 1 aliphatic carbocycles. The Morgan fingerprint density at radius 3 is 2.69 bits per heavy atom. The summed E-state index contributed by atoms with van der Waals surface area (Å²) in [6, 6.07) is 12.9. The number of aliphatic hydroxyl groups excluding tert-OH is 1. The first-order chi connectivity index (χ1) is 13.5. The summed E-state index contributed by atoms with van der Waals surface area (Å²) in [5.74, 6) is 1.16. The van der Waals surface area contributed by atoms with Gasteiger partial charge in [-0.15, -0.1) is 17.5 Å². The number of nitrogens with zero attached hydrogens (tertiary/aromatic N) is 3. The van der Waals surface area contributed by atoms with Gasteiger partial charge in [0.1, 0.15) is 24.0 Å². The van der Waals surface area contributed by atoms with E-state index in [9.17, 15) is 9.50 Å². The molecule has 1 heterocycles. The van der Waals surface area contributed by atoms with Crippen molar-refractivity contribution in [2.24, 2.45) is 5.73 Å². The molecule has 0 radical (unpaired) electrons. The largest absolute Gasteiger partial charge is 0.485 e. The maximum atomic E-state index is 13.3. The van der Waals surface area contributed by atoms with Gasteiger partial charge < -0.3 is 15.6 Å². The molecule has 9 heteroatoms. The molecule has 1 aliphatic rings. The van der Waals surface area contributed by atoms with Crippen molar-refractivity contribution < 1.29 is 14.2 Å². The van der Waals surface area contributed by atoms with Crippen LogP contribution in [0.5, 0.6) is 5.75 Å². The van der Waals surface area contributed by atoms with Gasteiger partial charge in [-0.1, -0.05) is 23.7 Å². The minimum absolute atomic E-state index is 0. The second-order valence-corrected chi connectivity index (χ2v) is 7.36. The Balaban J connectivity index is 0.00000240. The minimum Gasteiger partial charge on any atom is -0.485 e. The summed E-state index contributed by atoms with van der Waals surface area (Å²) in [5, 5.41) is 15.2. The van der Waals surface area contributed by atoms with Crippen molar-refractivity contribution in [3.8, 4) is 11.4 Å². The molecule has 2 aromatic carbocycles. The van der Waals surface area contributed by atoms with E-state index in [0.717, 1.165) is 5.69 Å². The fourth-order valence-corrected chi connectivity index (χ4v) is 3.64. The van der Waals surface area contributed by atoms with E-state index in [1.165, 1.54) is 12.1 Å². The van der Waals surface area contributed by atoms with Gasteiger partial charge in [0.25, 0.3) is 0 Å². The summed E-state index contributed by atoms with van der Waals surface area (Å²) in [6.07, 6.45) is 0.566. The average molecular weight is 439 g/mol. The third kappa shape index (κ3) is 4.87. The van der Waals surface area contributed by atoms with E-state index in [0.29, 0.717) is 35.3 Å². The highest BCUT2D eigenvalue weighted by molar-refractivity contribution is 6.30. The van der Waals surface area contributed by atoms with Gasteiger partial charge in [0, 0.05) is 23.0 Å². The van der Waals surface area contributed by atoms with Gasteiger partial charge in [0.05, 0.1) is 11.8 Å². The van der Waals surface area contributed by atoms with Crippen LogP contribution in [0.4, 0.5) is 4.39 Å². The molecule has 1 fully saturated rings. The number of aliphatic hydroxyl groups is 1. The molecule has 0 bridgehead atoms. The fourth-order valence-electron chi connectivity index (χ4n) is 3.46. The Morgan fingerprint density at radius 2 is 2.00 bits per heavy atom. The molecule has 0 spiro atoms. The number of halogens is 3. The molecular weight excluding hydrogens is 418 g/mol. The van der Waals surface area contributed by atoms with Crippen LogP contribution in [-0.4, -0.2) is 32.0 Å². The van der Waals surface area contributed by atoms with Gasteiger partial charge in [0.15, 0.2) is 5.82 Å². The Bertz CT molecular complexity index is 975. The van der Waals surface area contributed by atoms with E-state index in [1.807, 2.05) is 12.1 Å². The normalized spacial score (nSPS) is 21.0. The zero-order valence-electron chi connectivity index (χ0n) is 15.4. The molecule has 0 unspecified atom stereocenters. The fraction of sp³-hybridized carbons (Fsp3) is 0.300. The molecule has 1 saturated carbocycles. The van der Waals surface area contributed by atoms with Crippen molar-refractivity contribution in [2.75, 3.05) is 0 Å². The Morgan fingerprint density at radius 1 is 1.21 bits per heavy atom. The van der Waals surface area contributed by atoms with Crippen LogP contribution in [-0.2, 0) is 6.61 Å². The first-order valence-corrected chi connectivity index (χ1v) is 9.41. The van der Waals surface area contributed by atoms with Crippen LogP contribution >= 0.6 is 24.0 Å². The predicted molar refractivity (Wildman–Crippen MR) is 110 cm³/mol. The highest BCUT2D eigenvalue weighted by Crippen LogP contribution is 2.34. The average Bonchev–Trinajstić information content (AvgIpc) is 3.24. The molecular formula is C20H21Cl2FN4O2. The molecule has 3 aromatic rings. The molecule has 4 rings (SSSR count). The Kier molecular flexibility index (Phi) is 6.74. The topological polar surface area (TPSA) is 86.2 Å². The standard InChI is InChI=1S/C20H20ClFN4O2.ClH/c21-13-3-1-5-15(9-13)26-20(12-7-17(23)18(27)8-12)24-19(25-26)11-28-16-6-2-4-14(22)10-16;/h1-6,9-10,12,17-18,27H,7-8,11,23H2;1H/t12-,17+,18+;/m0./s1. The van der Waals surface area contributed by atoms with Crippen molar-refractivity contribution in [1.82, 2.24) is 14.8 Å². The number of benzene rings is 2. The van der Waals surface area contributed by atoms with Crippen LogP contribution in [0.15, 0.2) is 48.5 Å². The lowest BCUT2D eigenvalue weighted by Gasteiger charge is -2.11. The van der Waals surface area contributed by atoms with Crippen LogP contribution in [0.1, 0.15) is 30.4 Å². The molecule has 0 saturated heterocycles. The molecule has 1 aromatic heterocycles. The summed E-state index contributed by atoms with van der Waals surface area (Å²) >= 11 is 6.13. The van der Waals surface area contributed by atoms with Crippen molar-refractivity contribution in [3.63, 3.8) is 0 Å². The lowest BCUT2D eigenvalue weighted by atomic mass is 10.1. The molecule has 3 atom stereocenters. The molecule has 154 valence electrons. The van der Waals surface area contributed by atoms with Crippen LogP contribution in [0.25, 0.3) is 5.69 Å². The maximum Gasteiger partial charge on any atom is 0.188 e. The summed E-state index contributed by atoms with van der Waals surface area (Å²) in [4.78, 5) is 4.63. The van der Waals surface area contributed by atoms with Crippen molar-refractivity contribution in [3.05, 3.63) is 71.0 Å². The first kappa shape index (κ1) is 21.5. The Labute approximate surface area is 178 Å². The van der Waals surface area contributed by atoms with Crippen molar-refractivity contribution >= 4 is 24.0 Å². The quantitative estimate of drug-likeness (QED) is 0.634. The minimum atomic E-state index is -0.568. The lowest BCUT2D eigenvalue weighted by molar-refractivity contribution is 0.163. The van der Waals surface area contributed by atoms with E-state index in [-0.39, 0.29) is 36.8 Å². The molecule has 6 nitrogen and oxygen atoms in total. The van der Waals surface area contributed by atoms with Gasteiger partial charge in [-0.2, -0.15) is 0 Å². The van der Waals surface area contributed by atoms with Crippen LogP contribution in [0.2, 0.25) is 5.02 Å². The third-order valence-corrected chi connectivity index (χ3v) is 5.07. The highest BCUT2D eigenvalue weighted by Gasteiger charge is 2.35. The molecule has 29 heavy (non-hydrogen) atoms. The van der Waals surface area contributed by atoms with Gasteiger partial charge in [0.2, 0.25) is 0 Å². The molecule has 0 amide bonds. The zero-order chi connectivity index (χ0) is 19.7. The van der Waals surface area contributed by atoms with Crippen LogP contribution in [0.3, 0.4) is 0 Å². The summed E-state index contributed by atoms with van der Waals surface area (Å²) < 4.78 is 20.7. The van der Waals surface area contributed by atoms with Gasteiger partial charge in [-0.25, -0.2) is 14.1 Å².